The number of rotatable bonds is 3. The molecule has 0 saturated carbocycles. The molecule has 5 rings (SSSR count). The number of halogens is 2. The highest BCUT2D eigenvalue weighted by atomic mass is 19.1. The van der Waals surface area contributed by atoms with E-state index in [0.29, 0.717) is 56.7 Å². The van der Waals surface area contributed by atoms with Crippen LogP contribution in [0.25, 0.3) is 0 Å². The van der Waals surface area contributed by atoms with Crippen LogP contribution in [0.15, 0.2) is 36.4 Å². The summed E-state index contributed by atoms with van der Waals surface area (Å²) in [6.07, 6.45) is 2.08. The molecule has 4 heterocycles. The number of aromatic nitrogens is 1. The first-order chi connectivity index (χ1) is 14.5. The van der Waals surface area contributed by atoms with E-state index in [-0.39, 0.29) is 18.6 Å². The first kappa shape index (κ1) is 19.4. The number of aliphatic hydroxyl groups excluding tert-OH is 1. The summed E-state index contributed by atoms with van der Waals surface area (Å²) in [5.74, 6) is -0.353. The molecule has 158 valence electrons. The van der Waals surface area contributed by atoms with Gasteiger partial charge in [0, 0.05) is 32.2 Å². The van der Waals surface area contributed by atoms with Crippen LogP contribution in [0.2, 0.25) is 0 Å². The van der Waals surface area contributed by atoms with E-state index in [1.165, 1.54) is 12.1 Å². The molecule has 3 aliphatic heterocycles. The molecule has 2 aromatic rings. The van der Waals surface area contributed by atoms with Crippen LogP contribution < -0.4 is 4.90 Å². The zero-order valence-corrected chi connectivity index (χ0v) is 16.6. The van der Waals surface area contributed by atoms with Crippen molar-refractivity contribution >= 4 is 11.7 Å². The van der Waals surface area contributed by atoms with Crippen molar-refractivity contribution in [3.05, 3.63) is 59.3 Å². The third kappa shape index (κ3) is 3.15. The van der Waals surface area contributed by atoms with E-state index in [2.05, 4.69) is 14.9 Å². The average Bonchev–Trinajstić information content (AvgIpc) is 3.26. The van der Waals surface area contributed by atoms with Crippen LogP contribution in [-0.2, 0) is 11.4 Å². The van der Waals surface area contributed by atoms with Gasteiger partial charge < -0.3 is 10.0 Å². The molecule has 0 aliphatic carbocycles. The number of benzene rings is 1. The van der Waals surface area contributed by atoms with E-state index in [9.17, 15) is 18.7 Å². The van der Waals surface area contributed by atoms with Crippen LogP contribution in [0.3, 0.4) is 0 Å². The summed E-state index contributed by atoms with van der Waals surface area (Å²) in [4.78, 5) is 20.1. The van der Waals surface area contributed by atoms with Gasteiger partial charge in [-0.1, -0.05) is 6.07 Å². The number of hydrogen-bond acceptors (Lipinski definition) is 5. The molecule has 3 saturated heterocycles. The van der Waals surface area contributed by atoms with Gasteiger partial charge in [0.2, 0.25) is 5.91 Å². The summed E-state index contributed by atoms with van der Waals surface area (Å²) in [5.41, 5.74) is 0.680. The fourth-order valence-corrected chi connectivity index (χ4v) is 5.13. The van der Waals surface area contributed by atoms with Crippen LogP contribution in [0.4, 0.5) is 14.6 Å². The zero-order valence-electron chi connectivity index (χ0n) is 16.6. The molecule has 8 heteroatoms. The van der Waals surface area contributed by atoms with E-state index >= 15 is 0 Å². The monoisotopic (exact) mass is 414 g/mol. The van der Waals surface area contributed by atoms with E-state index in [0.717, 1.165) is 11.9 Å². The number of piperidine rings is 1. The maximum Gasteiger partial charge on any atom is 0.245 e. The number of fused-ring (bicyclic) bond motifs is 1. The number of aliphatic hydroxyl groups is 1. The zero-order chi connectivity index (χ0) is 20.9. The molecule has 1 aromatic heterocycles. The SMILES string of the molecule is O=C1N2[C@H](c3cc(F)cc(F)c3)CCN2CC12CCN(c1cccc(CO)n1)CC2. The highest BCUT2D eigenvalue weighted by molar-refractivity contribution is 5.85. The van der Waals surface area contributed by atoms with Crippen LogP contribution >= 0.6 is 0 Å². The lowest BCUT2D eigenvalue weighted by Crippen LogP contribution is -2.46. The van der Waals surface area contributed by atoms with Crippen LogP contribution in [-0.4, -0.2) is 52.2 Å². The molecule has 1 N–H and O–H groups in total. The Kier molecular flexibility index (Phi) is 4.71. The first-order valence-electron chi connectivity index (χ1n) is 10.4. The van der Waals surface area contributed by atoms with Crippen molar-refractivity contribution < 1.29 is 18.7 Å². The first-order valence-corrected chi connectivity index (χ1v) is 10.4. The molecule has 1 atom stereocenters. The van der Waals surface area contributed by atoms with Gasteiger partial charge >= 0.3 is 0 Å². The lowest BCUT2D eigenvalue weighted by molar-refractivity contribution is -0.143. The number of hydrogen-bond donors (Lipinski definition) is 1. The molecule has 30 heavy (non-hydrogen) atoms. The summed E-state index contributed by atoms with van der Waals surface area (Å²) >= 11 is 0. The minimum absolute atomic E-state index is 0.0615. The minimum atomic E-state index is -0.615. The quantitative estimate of drug-likeness (QED) is 0.837. The molecule has 1 spiro atoms. The Hall–Kier alpha value is -2.58. The van der Waals surface area contributed by atoms with Gasteiger partial charge in [-0.3, -0.25) is 9.80 Å². The Morgan fingerprint density at radius 2 is 1.83 bits per heavy atom. The Balaban J connectivity index is 1.33. The molecule has 1 aromatic carbocycles. The molecule has 3 aliphatic rings. The molecule has 0 radical (unpaired) electrons. The van der Waals surface area contributed by atoms with Crippen LogP contribution in [0.5, 0.6) is 0 Å². The Morgan fingerprint density at radius 3 is 2.53 bits per heavy atom. The average molecular weight is 414 g/mol. The van der Waals surface area contributed by atoms with Crippen molar-refractivity contribution in [1.82, 2.24) is 15.0 Å². The number of amides is 1. The lowest BCUT2D eigenvalue weighted by atomic mass is 9.77. The molecular weight excluding hydrogens is 390 g/mol. The van der Waals surface area contributed by atoms with E-state index in [1.807, 2.05) is 12.1 Å². The Morgan fingerprint density at radius 1 is 1.10 bits per heavy atom. The number of nitrogens with zero attached hydrogens (tertiary/aromatic N) is 4. The maximum absolute atomic E-state index is 13.7. The summed E-state index contributed by atoms with van der Waals surface area (Å²) < 4.78 is 27.5. The number of carbonyl (C=O) groups excluding carboxylic acids is 1. The van der Waals surface area contributed by atoms with Crippen LogP contribution in [0, 0.1) is 17.0 Å². The second kappa shape index (κ2) is 7.28. The van der Waals surface area contributed by atoms with Gasteiger partial charge in [0.15, 0.2) is 0 Å². The third-order valence-electron chi connectivity index (χ3n) is 6.68. The molecular formula is C22H24F2N4O2. The van der Waals surface area contributed by atoms with E-state index in [1.54, 1.807) is 11.1 Å². The minimum Gasteiger partial charge on any atom is -0.390 e. The van der Waals surface area contributed by atoms with Gasteiger partial charge in [0.05, 0.1) is 23.8 Å². The van der Waals surface area contributed by atoms with Gasteiger partial charge in [-0.15, -0.1) is 0 Å². The third-order valence-corrected chi connectivity index (χ3v) is 6.68. The topological polar surface area (TPSA) is 59.9 Å². The molecule has 0 bridgehead atoms. The maximum atomic E-state index is 13.7. The fraction of sp³-hybridized carbons (Fsp3) is 0.455. The molecule has 3 fully saturated rings. The summed E-state index contributed by atoms with van der Waals surface area (Å²) in [7, 11) is 0. The largest absolute Gasteiger partial charge is 0.390 e. The summed E-state index contributed by atoms with van der Waals surface area (Å²) in [6.45, 7) is 2.66. The summed E-state index contributed by atoms with van der Waals surface area (Å²) in [5, 5.41) is 13.1. The highest BCUT2D eigenvalue weighted by Gasteiger charge is 2.56. The fourth-order valence-electron chi connectivity index (χ4n) is 5.13. The van der Waals surface area contributed by atoms with Gasteiger partial charge in [0.1, 0.15) is 17.5 Å². The van der Waals surface area contributed by atoms with Gasteiger partial charge in [-0.05, 0) is 49.1 Å². The molecule has 6 nitrogen and oxygen atoms in total. The Labute approximate surface area is 173 Å². The lowest BCUT2D eigenvalue weighted by Gasteiger charge is -2.38. The van der Waals surface area contributed by atoms with E-state index in [4.69, 9.17) is 0 Å². The standard InChI is InChI=1S/C22H24F2N4O2/c23-16-10-15(11-17(24)12-16)19-4-7-27-14-22(21(30)28(19)27)5-8-26(9-6-22)20-3-1-2-18(13-29)25-20/h1-3,10-12,19,29H,4-9,13-14H2/t19-/m0/s1. The smallest absolute Gasteiger partial charge is 0.245 e. The van der Waals surface area contributed by atoms with Crippen molar-refractivity contribution in [2.24, 2.45) is 5.41 Å². The number of hydrazine groups is 1. The second-order valence-electron chi connectivity index (χ2n) is 8.46. The van der Waals surface area contributed by atoms with Crippen molar-refractivity contribution in [2.45, 2.75) is 31.9 Å². The van der Waals surface area contributed by atoms with Crippen molar-refractivity contribution in [3.8, 4) is 0 Å². The summed E-state index contributed by atoms with van der Waals surface area (Å²) in [6, 6.07) is 8.79. The molecule has 1 amide bonds. The normalized spacial score (nSPS) is 23.4. The predicted octanol–water partition coefficient (Wildman–Crippen LogP) is 2.64. The van der Waals surface area contributed by atoms with Crippen molar-refractivity contribution in [3.63, 3.8) is 0 Å². The number of carbonyl (C=O) groups is 1. The Bertz CT molecular complexity index is 957. The van der Waals surface area contributed by atoms with Gasteiger partial charge in [-0.2, -0.15) is 0 Å². The van der Waals surface area contributed by atoms with Gasteiger partial charge in [-0.25, -0.2) is 18.8 Å². The highest BCUT2D eigenvalue weighted by Crippen LogP contribution is 2.47. The van der Waals surface area contributed by atoms with E-state index < -0.39 is 17.0 Å². The second-order valence-corrected chi connectivity index (χ2v) is 8.46. The number of anilines is 1. The van der Waals surface area contributed by atoms with Gasteiger partial charge in [0.25, 0.3) is 0 Å². The molecule has 0 unspecified atom stereocenters. The van der Waals surface area contributed by atoms with Crippen LogP contribution in [0.1, 0.15) is 36.6 Å². The number of pyridine rings is 1. The van der Waals surface area contributed by atoms with Crippen molar-refractivity contribution in [1.29, 1.82) is 0 Å². The van der Waals surface area contributed by atoms with Crippen molar-refractivity contribution in [2.75, 3.05) is 31.1 Å². The predicted molar refractivity (Wildman–Crippen MR) is 106 cm³/mol.